The minimum absolute atomic E-state index is 0.0819. The number of rotatable bonds is 5. The number of nitriles is 1. The number of sulfonamides is 1. The van der Waals surface area contributed by atoms with Crippen LogP contribution in [0.3, 0.4) is 0 Å². The molecule has 1 aliphatic heterocycles. The van der Waals surface area contributed by atoms with Gasteiger partial charge in [0.1, 0.15) is 13.5 Å². The Morgan fingerprint density at radius 3 is 2.30 bits per heavy atom. The third-order valence-corrected chi connectivity index (χ3v) is 8.86. The third kappa shape index (κ3) is 5.26. The van der Waals surface area contributed by atoms with Gasteiger partial charge in [-0.1, -0.05) is 67.6 Å². The first-order chi connectivity index (χ1) is 15.4. The fourth-order valence-corrected chi connectivity index (χ4v) is 6.56. The molecule has 0 aliphatic carbocycles. The lowest BCUT2D eigenvalue weighted by atomic mass is 9.73. The number of aryl methyl sites for hydroxylation is 1. The number of nitrogens with zero attached hydrogens (tertiary/aromatic N) is 2. The number of halogens is 1. The molecule has 0 spiro atoms. The van der Waals surface area contributed by atoms with Crippen molar-refractivity contribution in [2.24, 2.45) is 5.41 Å². The Morgan fingerprint density at radius 2 is 1.76 bits per heavy atom. The quantitative estimate of drug-likeness (QED) is 0.284. The van der Waals surface area contributed by atoms with Crippen LogP contribution in [0.15, 0.2) is 65.6 Å². The van der Waals surface area contributed by atoms with Gasteiger partial charge in [-0.3, -0.25) is 0 Å². The van der Waals surface area contributed by atoms with Gasteiger partial charge in [-0.15, -0.1) is 11.5 Å². The predicted octanol–water partition coefficient (Wildman–Crippen LogP) is 6.12. The molecule has 3 rings (SSSR count). The fourth-order valence-electron chi connectivity index (χ4n) is 4.12. The number of hydrogen-bond donors (Lipinski definition) is 0. The van der Waals surface area contributed by atoms with Crippen molar-refractivity contribution in [1.29, 1.82) is 5.26 Å². The lowest BCUT2D eigenvalue weighted by Gasteiger charge is -2.33. The molecule has 172 valence electrons. The van der Waals surface area contributed by atoms with Crippen LogP contribution < -0.4 is 0 Å². The summed E-state index contributed by atoms with van der Waals surface area (Å²) in [4.78, 5) is 0.201. The Hall–Kier alpha value is -2.35. The van der Waals surface area contributed by atoms with Gasteiger partial charge in [-0.05, 0) is 48.7 Å². The van der Waals surface area contributed by atoms with E-state index in [-0.39, 0.29) is 11.4 Å². The maximum Gasteiger partial charge on any atom is 0.243 e. The molecule has 4 nitrogen and oxygen atoms in total. The van der Waals surface area contributed by atoms with Crippen LogP contribution in [-0.2, 0) is 10.0 Å². The van der Waals surface area contributed by atoms with Crippen LogP contribution in [-0.4, -0.2) is 27.3 Å². The van der Waals surface area contributed by atoms with E-state index >= 15 is 0 Å². The minimum Gasteiger partial charge on any atom is -0.207 e. The Balaban J connectivity index is 2.11. The summed E-state index contributed by atoms with van der Waals surface area (Å²) in [6.07, 6.45) is 0.909. The molecule has 2 aromatic carbocycles. The van der Waals surface area contributed by atoms with E-state index in [0.717, 1.165) is 5.56 Å². The summed E-state index contributed by atoms with van der Waals surface area (Å²) in [6, 6.07) is 15.5. The molecule has 0 bridgehead atoms. The maximum atomic E-state index is 13.7. The van der Waals surface area contributed by atoms with E-state index in [1.54, 1.807) is 48.5 Å². The maximum absolute atomic E-state index is 13.7. The highest BCUT2D eigenvalue weighted by molar-refractivity contribution is 7.89. The Labute approximate surface area is 203 Å². The number of hydrogen-bond acceptors (Lipinski definition) is 3. The van der Waals surface area contributed by atoms with Crippen LogP contribution in [0.25, 0.3) is 0 Å². The van der Waals surface area contributed by atoms with E-state index in [9.17, 15) is 13.7 Å². The van der Waals surface area contributed by atoms with Gasteiger partial charge in [0, 0.05) is 18.0 Å². The monoisotopic (exact) mass is 496 g/mol. The number of benzene rings is 2. The first-order valence-electron chi connectivity index (χ1n) is 10.8. The van der Waals surface area contributed by atoms with Crippen LogP contribution in [0, 0.1) is 35.1 Å². The summed E-state index contributed by atoms with van der Waals surface area (Å²) >= 11 is 6.11. The topological polar surface area (TPSA) is 61.2 Å². The molecular weight excluding hydrogens is 468 g/mol. The summed E-state index contributed by atoms with van der Waals surface area (Å²) in [5, 5.41) is 11.0. The molecule has 33 heavy (non-hydrogen) atoms. The molecule has 7 heteroatoms. The molecule has 1 fully saturated rings. The SMILES string of the molecule is C=C1CN(S(=O)(=O)c2ccc(C)cc2)[C@@H](c2ccc(Cl)cc2)[C@]1(C#N)CCC#C[Si](C)(C)C. The van der Waals surface area contributed by atoms with E-state index in [4.69, 9.17) is 11.6 Å². The van der Waals surface area contributed by atoms with E-state index < -0.39 is 29.6 Å². The highest BCUT2D eigenvalue weighted by Crippen LogP contribution is 2.54. The second-order valence-corrected chi connectivity index (χ2v) is 16.6. The van der Waals surface area contributed by atoms with Gasteiger partial charge >= 0.3 is 0 Å². The Bertz CT molecular complexity index is 1250. The van der Waals surface area contributed by atoms with E-state index in [0.29, 0.717) is 29.0 Å². The van der Waals surface area contributed by atoms with Gasteiger partial charge < -0.3 is 0 Å². The van der Waals surface area contributed by atoms with Gasteiger partial charge in [0.25, 0.3) is 0 Å². The molecule has 0 saturated carbocycles. The summed E-state index contributed by atoms with van der Waals surface area (Å²) < 4.78 is 28.9. The smallest absolute Gasteiger partial charge is 0.207 e. The molecular formula is C26H29ClN2O2SSi. The van der Waals surface area contributed by atoms with E-state index in [2.05, 4.69) is 43.8 Å². The first kappa shape index (κ1) is 25.3. The van der Waals surface area contributed by atoms with Crippen molar-refractivity contribution in [2.75, 3.05) is 6.54 Å². The molecule has 2 aromatic rings. The standard InChI is InChI=1S/C26H29ClN2O2SSi/c1-20-8-14-24(15-9-20)32(30,31)29-18-21(2)26(19-28,16-6-7-17-33(3,4)5)25(29)22-10-12-23(27)13-11-22/h8-15,25H,2,6,16,18H2,1,3-5H3/t25-,26-/m0/s1. The fraction of sp³-hybridized carbons (Fsp3) is 0.346. The average Bonchev–Trinajstić information content (AvgIpc) is 3.05. The lowest BCUT2D eigenvalue weighted by molar-refractivity contribution is 0.284. The third-order valence-electron chi connectivity index (χ3n) is 5.85. The summed E-state index contributed by atoms with van der Waals surface area (Å²) in [6.45, 7) is 12.7. The molecule has 0 radical (unpaired) electrons. The van der Waals surface area contributed by atoms with Crippen LogP contribution >= 0.6 is 11.6 Å². The highest BCUT2D eigenvalue weighted by atomic mass is 35.5. The van der Waals surface area contributed by atoms with Gasteiger partial charge in [0.05, 0.1) is 17.0 Å². The van der Waals surface area contributed by atoms with Crippen molar-refractivity contribution in [3.63, 3.8) is 0 Å². The van der Waals surface area contributed by atoms with Crippen molar-refractivity contribution in [2.45, 2.75) is 50.3 Å². The van der Waals surface area contributed by atoms with Gasteiger partial charge in [-0.25, -0.2) is 8.42 Å². The van der Waals surface area contributed by atoms with Gasteiger partial charge in [0.15, 0.2) is 0 Å². The zero-order valence-corrected chi connectivity index (χ0v) is 22.1. The summed E-state index contributed by atoms with van der Waals surface area (Å²) in [7, 11) is -5.42. The predicted molar refractivity (Wildman–Crippen MR) is 137 cm³/mol. The van der Waals surface area contributed by atoms with Crippen LogP contribution in [0.2, 0.25) is 24.7 Å². The van der Waals surface area contributed by atoms with E-state index in [1.165, 1.54) is 4.31 Å². The molecule has 0 N–H and O–H groups in total. The van der Waals surface area contributed by atoms with Crippen molar-refractivity contribution >= 4 is 29.7 Å². The molecule has 0 amide bonds. The van der Waals surface area contributed by atoms with Gasteiger partial charge in [0.2, 0.25) is 10.0 Å². The van der Waals surface area contributed by atoms with Gasteiger partial charge in [-0.2, -0.15) is 9.57 Å². The molecule has 1 aliphatic rings. The zero-order valence-electron chi connectivity index (χ0n) is 19.5. The van der Waals surface area contributed by atoms with Crippen LogP contribution in [0.5, 0.6) is 0 Å². The average molecular weight is 497 g/mol. The van der Waals surface area contributed by atoms with Crippen molar-refractivity contribution in [3.8, 4) is 17.5 Å². The molecule has 0 aromatic heterocycles. The summed E-state index contributed by atoms with van der Waals surface area (Å²) in [5.41, 5.74) is 4.54. The second-order valence-electron chi connectivity index (χ2n) is 9.56. The normalized spacial score (nSPS) is 21.3. The Morgan fingerprint density at radius 1 is 1.15 bits per heavy atom. The lowest BCUT2D eigenvalue weighted by Crippen LogP contribution is -2.36. The zero-order chi connectivity index (χ0) is 24.4. The van der Waals surface area contributed by atoms with Crippen LogP contribution in [0.1, 0.15) is 30.0 Å². The Kier molecular flexibility index (Phi) is 7.26. The minimum atomic E-state index is -3.87. The van der Waals surface area contributed by atoms with Crippen molar-refractivity contribution in [1.82, 2.24) is 4.31 Å². The molecule has 0 unspecified atom stereocenters. The van der Waals surface area contributed by atoms with Crippen LogP contribution in [0.4, 0.5) is 0 Å². The van der Waals surface area contributed by atoms with Crippen molar-refractivity contribution < 1.29 is 8.42 Å². The second kappa shape index (κ2) is 9.48. The summed E-state index contributed by atoms with van der Waals surface area (Å²) in [5.74, 6) is 3.23. The van der Waals surface area contributed by atoms with Crippen molar-refractivity contribution in [3.05, 3.63) is 76.8 Å². The largest absolute Gasteiger partial charge is 0.243 e. The molecule has 1 saturated heterocycles. The van der Waals surface area contributed by atoms with E-state index in [1.807, 2.05) is 6.92 Å². The molecule has 1 heterocycles. The molecule has 2 atom stereocenters. The highest BCUT2D eigenvalue weighted by Gasteiger charge is 2.54. The first-order valence-corrected chi connectivity index (χ1v) is 16.2.